The van der Waals surface area contributed by atoms with Crippen LogP contribution in [0.25, 0.3) is 0 Å². The Balaban J connectivity index is 1.60. The van der Waals surface area contributed by atoms with Crippen LogP contribution in [0.2, 0.25) is 0 Å². The lowest BCUT2D eigenvalue weighted by Crippen LogP contribution is -2.59. The zero-order valence-electron chi connectivity index (χ0n) is 11.5. The van der Waals surface area contributed by atoms with Gasteiger partial charge in [0.1, 0.15) is 0 Å². The molecular weight excluding hydrogens is 208 g/mol. The van der Waals surface area contributed by atoms with E-state index in [0.29, 0.717) is 0 Å². The van der Waals surface area contributed by atoms with Gasteiger partial charge < -0.3 is 5.32 Å². The molecule has 3 atom stereocenters. The fraction of sp³-hybridized carbons (Fsp3) is 1.00. The fourth-order valence-electron chi connectivity index (χ4n) is 3.51. The Morgan fingerprint density at radius 3 is 2.59 bits per heavy atom. The number of hydrogen-bond donors (Lipinski definition) is 1. The van der Waals surface area contributed by atoms with E-state index in [2.05, 4.69) is 24.1 Å². The van der Waals surface area contributed by atoms with Gasteiger partial charge in [-0.15, -0.1) is 0 Å². The zero-order valence-corrected chi connectivity index (χ0v) is 11.5. The monoisotopic (exact) mass is 236 g/mol. The molecule has 98 valence electrons. The van der Waals surface area contributed by atoms with Crippen LogP contribution < -0.4 is 5.32 Å². The molecule has 1 N–H and O–H groups in total. The minimum Gasteiger partial charge on any atom is -0.311 e. The topological polar surface area (TPSA) is 15.3 Å². The van der Waals surface area contributed by atoms with Gasteiger partial charge in [0, 0.05) is 31.2 Å². The number of nitrogens with zero attached hydrogens (tertiary/aromatic N) is 1. The molecule has 3 aliphatic rings. The molecule has 0 amide bonds. The molecule has 2 aliphatic carbocycles. The van der Waals surface area contributed by atoms with Crippen molar-refractivity contribution >= 4 is 0 Å². The first-order valence-electron chi connectivity index (χ1n) is 7.77. The molecular formula is C15H28N2. The van der Waals surface area contributed by atoms with Crippen LogP contribution in [0.15, 0.2) is 0 Å². The minimum absolute atomic E-state index is 0.744. The lowest BCUT2D eigenvalue weighted by atomic mass is 9.99. The molecule has 0 spiro atoms. The third-order valence-corrected chi connectivity index (χ3v) is 5.08. The van der Waals surface area contributed by atoms with Crippen molar-refractivity contribution < 1.29 is 0 Å². The van der Waals surface area contributed by atoms with Gasteiger partial charge in [-0.25, -0.2) is 0 Å². The predicted molar refractivity (Wildman–Crippen MR) is 72.1 cm³/mol. The Kier molecular flexibility index (Phi) is 3.45. The largest absolute Gasteiger partial charge is 0.311 e. The van der Waals surface area contributed by atoms with Crippen LogP contribution in [0.3, 0.4) is 0 Å². The van der Waals surface area contributed by atoms with Crippen LogP contribution in [0.4, 0.5) is 0 Å². The summed E-state index contributed by atoms with van der Waals surface area (Å²) in [5.74, 6) is 2.07. The summed E-state index contributed by atoms with van der Waals surface area (Å²) in [6, 6.07) is 2.41. The summed E-state index contributed by atoms with van der Waals surface area (Å²) < 4.78 is 0. The Morgan fingerprint density at radius 1 is 1.24 bits per heavy atom. The maximum atomic E-state index is 3.77. The van der Waals surface area contributed by atoms with E-state index in [1.165, 1.54) is 51.6 Å². The Morgan fingerprint density at radius 2 is 2.00 bits per heavy atom. The third-order valence-electron chi connectivity index (χ3n) is 5.08. The minimum atomic E-state index is 0.744. The van der Waals surface area contributed by atoms with E-state index >= 15 is 0 Å². The molecule has 1 aliphatic heterocycles. The van der Waals surface area contributed by atoms with Crippen molar-refractivity contribution in [3.05, 3.63) is 0 Å². The van der Waals surface area contributed by atoms with Gasteiger partial charge in [-0.2, -0.15) is 0 Å². The highest BCUT2D eigenvalue weighted by atomic mass is 15.3. The number of hydrogen-bond acceptors (Lipinski definition) is 2. The van der Waals surface area contributed by atoms with Crippen LogP contribution in [0, 0.1) is 11.8 Å². The Bertz CT molecular complexity index is 258. The summed E-state index contributed by atoms with van der Waals surface area (Å²) in [6.45, 7) is 7.32. The van der Waals surface area contributed by atoms with Gasteiger partial charge in [0.2, 0.25) is 0 Å². The van der Waals surface area contributed by atoms with E-state index in [4.69, 9.17) is 0 Å². The molecule has 1 saturated heterocycles. The molecule has 0 aromatic rings. The first kappa shape index (κ1) is 12.0. The molecule has 3 fully saturated rings. The highest BCUT2D eigenvalue weighted by Crippen LogP contribution is 2.38. The summed E-state index contributed by atoms with van der Waals surface area (Å²) in [5, 5.41) is 3.77. The van der Waals surface area contributed by atoms with Crippen LogP contribution in [0.5, 0.6) is 0 Å². The quantitative estimate of drug-likeness (QED) is 0.789. The van der Waals surface area contributed by atoms with Gasteiger partial charge in [-0.05, 0) is 44.4 Å². The molecule has 0 aromatic carbocycles. The van der Waals surface area contributed by atoms with Crippen molar-refractivity contribution in [3.8, 4) is 0 Å². The molecule has 0 bridgehead atoms. The summed E-state index contributed by atoms with van der Waals surface area (Å²) in [5.41, 5.74) is 0. The Labute approximate surface area is 106 Å². The second-order valence-electron chi connectivity index (χ2n) is 6.64. The van der Waals surface area contributed by atoms with E-state index in [0.717, 1.165) is 30.0 Å². The van der Waals surface area contributed by atoms with E-state index in [1.807, 2.05) is 0 Å². The molecule has 3 rings (SSSR count). The van der Waals surface area contributed by atoms with Crippen molar-refractivity contribution in [1.82, 2.24) is 10.2 Å². The van der Waals surface area contributed by atoms with Gasteiger partial charge in [0.15, 0.2) is 0 Å². The second-order valence-corrected chi connectivity index (χ2v) is 6.64. The SMILES string of the molecule is CCC(CC1CC1)N1CC(C2CC2)NCC1C. The van der Waals surface area contributed by atoms with Crippen molar-refractivity contribution in [2.75, 3.05) is 13.1 Å². The van der Waals surface area contributed by atoms with Crippen molar-refractivity contribution in [1.29, 1.82) is 0 Å². The van der Waals surface area contributed by atoms with E-state index in [-0.39, 0.29) is 0 Å². The highest BCUT2D eigenvalue weighted by Gasteiger charge is 2.38. The molecule has 2 heteroatoms. The normalized spacial score (nSPS) is 37.1. The van der Waals surface area contributed by atoms with Gasteiger partial charge in [-0.3, -0.25) is 4.90 Å². The molecule has 3 unspecified atom stereocenters. The van der Waals surface area contributed by atoms with Crippen LogP contribution >= 0.6 is 0 Å². The van der Waals surface area contributed by atoms with Gasteiger partial charge in [0.05, 0.1) is 0 Å². The Hall–Kier alpha value is -0.0800. The van der Waals surface area contributed by atoms with E-state index in [1.54, 1.807) is 0 Å². The van der Waals surface area contributed by atoms with E-state index < -0.39 is 0 Å². The van der Waals surface area contributed by atoms with Crippen molar-refractivity contribution in [2.45, 2.75) is 70.5 Å². The van der Waals surface area contributed by atoms with Crippen molar-refractivity contribution in [2.24, 2.45) is 11.8 Å². The lowest BCUT2D eigenvalue weighted by Gasteiger charge is -2.43. The maximum Gasteiger partial charge on any atom is 0.0224 e. The summed E-state index contributed by atoms with van der Waals surface area (Å²) in [6.07, 6.45) is 8.76. The van der Waals surface area contributed by atoms with Crippen LogP contribution in [0.1, 0.15) is 52.4 Å². The van der Waals surface area contributed by atoms with Gasteiger partial charge >= 0.3 is 0 Å². The standard InChI is InChI=1S/C15H28N2/c1-3-14(8-12-4-5-12)17-10-15(13-6-7-13)16-9-11(17)2/h11-16H,3-10H2,1-2H3. The number of rotatable bonds is 5. The van der Waals surface area contributed by atoms with Crippen LogP contribution in [-0.2, 0) is 0 Å². The number of piperazine rings is 1. The molecule has 2 nitrogen and oxygen atoms in total. The van der Waals surface area contributed by atoms with Crippen LogP contribution in [-0.4, -0.2) is 36.1 Å². The van der Waals surface area contributed by atoms with E-state index in [9.17, 15) is 0 Å². The van der Waals surface area contributed by atoms with Gasteiger partial charge in [-0.1, -0.05) is 19.8 Å². The molecule has 0 aromatic heterocycles. The highest BCUT2D eigenvalue weighted by molar-refractivity contribution is 4.96. The smallest absolute Gasteiger partial charge is 0.0224 e. The third kappa shape index (κ3) is 2.85. The lowest BCUT2D eigenvalue weighted by molar-refractivity contribution is 0.0751. The molecule has 0 radical (unpaired) electrons. The predicted octanol–water partition coefficient (Wildman–Crippen LogP) is 2.64. The first-order chi connectivity index (χ1) is 8.28. The molecule has 2 saturated carbocycles. The average molecular weight is 236 g/mol. The second kappa shape index (κ2) is 4.89. The van der Waals surface area contributed by atoms with Gasteiger partial charge in [0.25, 0.3) is 0 Å². The zero-order chi connectivity index (χ0) is 11.8. The fourth-order valence-corrected chi connectivity index (χ4v) is 3.51. The number of nitrogens with one attached hydrogen (secondary N) is 1. The van der Waals surface area contributed by atoms with Crippen molar-refractivity contribution in [3.63, 3.8) is 0 Å². The average Bonchev–Trinajstić information content (AvgIpc) is 3.19. The summed E-state index contributed by atoms with van der Waals surface area (Å²) >= 11 is 0. The summed E-state index contributed by atoms with van der Waals surface area (Å²) in [7, 11) is 0. The molecule has 17 heavy (non-hydrogen) atoms. The molecule has 1 heterocycles. The maximum absolute atomic E-state index is 3.77. The first-order valence-corrected chi connectivity index (χ1v) is 7.77. The summed E-state index contributed by atoms with van der Waals surface area (Å²) in [4.78, 5) is 2.83.